The molecule has 1 nitrogen and oxygen atoms in total. The van der Waals surface area contributed by atoms with Crippen LogP contribution in [0.3, 0.4) is 0 Å². The summed E-state index contributed by atoms with van der Waals surface area (Å²) in [5.74, 6) is 3.47. The van der Waals surface area contributed by atoms with Gasteiger partial charge in [-0.05, 0) is 42.7 Å². The van der Waals surface area contributed by atoms with Crippen molar-refractivity contribution in [1.29, 1.82) is 0 Å². The highest BCUT2D eigenvalue weighted by molar-refractivity contribution is 9.09. The number of pyridine rings is 1. The molecule has 1 heterocycles. The Morgan fingerprint density at radius 2 is 1.94 bits per heavy atom. The van der Waals surface area contributed by atoms with Gasteiger partial charge in [-0.3, -0.25) is 4.98 Å². The third-order valence-electron chi connectivity index (χ3n) is 4.72. The highest BCUT2D eigenvalue weighted by Crippen LogP contribution is 2.60. The molecule has 2 saturated carbocycles. The fourth-order valence-electron chi connectivity index (χ4n) is 3.66. The zero-order valence-electron chi connectivity index (χ0n) is 10.3. The summed E-state index contributed by atoms with van der Waals surface area (Å²) in [4.78, 5) is 5.11. The molecule has 2 heteroatoms. The summed E-state index contributed by atoms with van der Waals surface area (Å²) in [6, 6.07) is 6.25. The van der Waals surface area contributed by atoms with Crippen LogP contribution in [-0.2, 0) is 0 Å². The van der Waals surface area contributed by atoms with Crippen molar-refractivity contribution in [2.24, 2.45) is 17.8 Å². The molecule has 0 N–H and O–H groups in total. The first-order valence-corrected chi connectivity index (χ1v) is 7.75. The van der Waals surface area contributed by atoms with Gasteiger partial charge in [-0.2, -0.15) is 0 Å². The van der Waals surface area contributed by atoms with E-state index in [-0.39, 0.29) is 0 Å². The van der Waals surface area contributed by atoms with Crippen molar-refractivity contribution in [2.75, 3.05) is 0 Å². The average molecular weight is 294 g/mol. The van der Waals surface area contributed by atoms with Crippen molar-refractivity contribution >= 4 is 15.9 Å². The molecule has 0 radical (unpaired) electrons. The van der Waals surface area contributed by atoms with E-state index in [4.69, 9.17) is 0 Å². The van der Waals surface area contributed by atoms with E-state index in [0.717, 1.165) is 17.8 Å². The number of hydrogen-bond acceptors (Lipinski definition) is 1. The van der Waals surface area contributed by atoms with E-state index in [1.54, 1.807) is 0 Å². The van der Waals surface area contributed by atoms with Crippen molar-refractivity contribution in [2.45, 2.75) is 43.4 Å². The van der Waals surface area contributed by atoms with Crippen LogP contribution in [0, 0.1) is 17.8 Å². The van der Waals surface area contributed by atoms with Gasteiger partial charge in [0.1, 0.15) is 0 Å². The van der Waals surface area contributed by atoms with Crippen molar-refractivity contribution in [3.63, 3.8) is 0 Å². The number of halogens is 1. The molecule has 0 amide bonds. The SMILES string of the molecule is CC(c1ccccn1)C(Br)C1C2CCCCC21. The molecule has 1 aromatic rings. The second-order valence-corrected chi connectivity index (χ2v) is 6.73. The molecule has 17 heavy (non-hydrogen) atoms. The van der Waals surface area contributed by atoms with Gasteiger partial charge in [0.2, 0.25) is 0 Å². The number of nitrogens with zero attached hydrogens (tertiary/aromatic N) is 1. The minimum absolute atomic E-state index is 0.534. The summed E-state index contributed by atoms with van der Waals surface area (Å²) in [7, 11) is 0. The maximum Gasteiger partial charge on any atom is 0.0443 e. The lowest BCUT2D eigenvalue weighted by Crippen LogP contribution is -2.14. The topological polar surface area (TPSA) is 12.9 Å². The highest BCUT2D eigenvalue weighted by Gasteiger charge is 2.54. The van der Waals surface area contributed by atoms with Crippen LogP contribution in [0.25, 0.3) is 0 Å². The molecule has 92 valence electrons. The average Bonchev–Trinajstić information content (AvgIpc) is 3.12. The summed E-state index contributed by atoms with van der Waals surface area (Å²) in [5, 5.41) is 0. The van der Waals surface area contributed by atoms with Crippen molar-refractivity contribution in [3.05, 3.63) is 30.1 Å². The summed E-state index contributed by atoms with van der Waals surface area (Å²) in [6.07, 6.45) is 7.74. The summed E-state index contributed by atoms with van der Waals surface area (Å²) in [5.41, 5.74) is 1.23. The molecule has 0 aromatic carbocycles. The maximum atomic E-state index is 4.50. The van der Waals surface area contributed by atoms with Crippen LogP contribution in [0.15, 0.2) is 24.4 Å². The Labute approximate surface area is 112 Å². The van der Waals surface area contributed by atoms with Crippen molar-refractivity contribution in [3.8, 4) is 0 Å². The molecule has 4 unspecified atom stereocenters. The first-order chi connectivity index (χ1) is 8.29. The van der Waals surface area contributed by atoms with Crippen molar-refractivity contribution in [1.82, 2.24) is 4.98 Å². The van der Waals surface area contributed by atoms with Crippen LogP contribution in [0.1, 0.15) is 44.2 Å². The van der Waals surface area contributed by atoms with Gasteiger partial charge in [0.25, 0.3) is 0 Å². The predicted molar refractivity (Wildman–Crippen MR) is 74.3 cm³/mol. The molecule has 0 bridgehead atoms. The second-order valence-electron chi connectivity index (χ2n) is 5.68. The fraction of sp³-hybridized carbons (Fsp3) is 0.667. The molecule has 2 aliphatic carbocycles. The molecule has 2 aliphatic rings. The smallest absolute Gasteiger partial charge is 0.0443 e. The van der Waals surface area contributed by atoms with Gasteiger partial charge in [0.05, 0.1) is 0 Å². The Kier molecular flexibility index (Phi) is 3.25. The minimum atomic E-state index is 0.534. The molecule has 1 aromatic heterocycles. The summed E-state index contributed by atoms with van der Waals surface area (Å²) < 4.78 is 0. The second kappa shape index (κ2) is 4.72. The quantitative estimate of drug-likeness (QED) is 0.754. The van der Waals surface area contributed by atoms with E-state index >= 15 is 0 Å². The van der Waals surface area contributed by atoms with Gasteiger partial charge >= 0.3 is 0 Å². The Bertz CT molecular complexity index is 366. The number of alkyl halides is 1. The molecule has 0 aliphatic heterocycles. The number of rotatable bonds is 3. The molecular weight excluding hydrogens is 274 g/mol. The number of aromatic nitrogens is 1. The lowest BCUT2D eigenvalue weighted by Gasteiger charge is -2.18. The number of fused-ring (bicyclic) bond motifs is 1. The third kappa shape index (κ3) is 2.16. The lowest BCUT2D eigenvalue weighted by molar-refractivity contribution is 0.480. The zero-order chi connectivity index (χ0) is 11.8. The molecule has 2 fully saturated rings. The van der Waals surface area contributed by atoms with E-state index in [0.29, 0.717) is 10.7 Å². The van der Waals surface area contributed by atoms with Crippen LogP contribution in [0.2, 0.25) is 0 Å². The molecule has 0 saturated heterocycles. The monoisotopic (exact) mass is 293 g/mol. The molecule has 4 atom stereocenters. The zero-order valence-corrected chi connectivity index (χ0v) is 11.9. The third-order valence-corrected chi connectivity index (χ3v) is 6.13. The first-order valence-electron chi connectivity index (χ1n) is 6.84. The van der Waals surface area contributed by atoms with Gasteiger partial charge in [-0.25, -0.2) is 0 Å². The summed E-state index contributed by atoms with van der Waals surface area (Å²) >= 11 is 3.96. The molecule has 0 spiro atoms. The van der Waals surface area contributed by atoms with E-state index in [1.807, 2.05) is 12.3 Å². The first kappa shape index (κ1) is 11.7. The Morgan fingerprint density at radius 1 is 1.24 bits per heavy atom. The van der Waals surface area contributed by atoms with E-state index in [2.05, 4.69) is 40.0 Å². The van der Waals surface area contributed by atoms with Gasteiger partial charge in [-0.15, -0.1) is 0 Å². The fourth-order valence-corrected chi connectivity index (χ4v) is 4.72. The van der Waals surface area contributed by atoms with E-state index < -0.39 is 0 Å². The normalized spacial score (nSPS) is 34.8. The lowest BCUT2D eigenvalue weighted by atomic mass is 9.98. The van der Waals surface area contributed by atoms with E-state index in [9.17, 15) is 0 Å². The number of hydrogen-bond donors (Lipinski definition) is 0. The maximum absolute atomic E-state index is 4.50. The molecule has 3 rings (SSSR count). The highest BCUT2D eigenvalue weighted by atomic mass is 79.9. The van der Waals surface area contributed by atoms with Crippen LogP contribution in [0.5, 0.6) is 0 Å². The van der Waals surface area contributed by atoms with Crippen LogP contribution in [0.4, 0.5) is 0 Å². The van der Waals surface area contributed by atoms with E-state index in [1.165, 1.54) is 31.4 Å². The van der Waals surface area contributed by atoms with Crippen LogP contribution < -0.4 is 0 Å². The Morgan fingerprint density at radius 3 is 2.53 bits per heavy atom. The largest absolute Gasteiger partial charge is 0.261 e. The Hall–Kier alpha value is -0.370. The van der Waals surface area contributed by atoms with Gasteiger partial charge in [-0.1, -0.05) is 41.8 Å². The Balaban J connectivity index is 1.69. The van der Waals surface area contributed by atoms with Crippen molar-refractivity contribution < 1.29 is 0 Å². The van der Waals surface area contributed by atoms with Crippen LogP contribution in [-0.4, -0.2) is 9.81 Å². The predicted octanol–water partition coefficient (Wildman–Crippen LogP) is 4.38. The van der Waals surface area contributed by atoms with Gasteiger partial charge in [0, 0.05) is 22.6 Å². The van der Waals surface area contributed by atoms with Gasteiger partial charge < -0.3 is 0 Å². The summed E-state index contributed by atoms with van der Waals surface area (Å²) in [6.45, 7) is 2.31. The van der Waals surface area contributed by atoms with Gasteiger partial charge in [0.15, 0.2) is 0 Å². The standard InChI is InChI=1S/C15H20BrN/c1-10(13-8-4-5-9-17-13)15(16)14-11-6-2-3-7-12(11)14/h4-5,8-12,14-15H,2-3,6-7H2,1H3. The van der Waals surface area contributed by atoms with Crippen LogP contribution >= 0.6 is 15.9 Å². The minimum Gasteiger partial charge on any atom is -0.261 e. The molecular formula is C15H20BrN.